The lowest BCUT2D eigenvalue weighted by Crippen LogP contribution is -2.26. The van der Waals surface area contributed by atoms with Gasteiger partial charge in [0.1, 0.15) is 5.82 Å². The van der Waals surface area contributed by atoms with E-state index in [0.29, 0.717) is 12.2 Å². The second-order valence-electron chi connectivity index (χ2n) is 5.43. The van der Waals surface area contributed by atoms with Gasteiger partial charge < -0.3 is 4.98 Å². The highest BCUT2D eigenvalue weighted by molar-refractivity contribution is 7.89. The number of aromatic nitrogens is 2. The van der Waals surface area contributed by atoms with E-state index in [1.807, 2.05) is 54.6 Å². The van der Waals surface area contributed by atoms with Gasteiger partial charge in [-0.3, -0.25) is 0 Å². The van der Waals surface area contributed by atoms with Crippen LogP contribution in [0.3, 0.4) is 0 Å². The number of para-hydroxylation sites is 2. The molecule has 0 fully saturated rings. The standard InChI is InChI=1S/C17H19N3O2S/c21-23(22,12-6-9-14-7-2-1-3-8-14)18-13-17-19-15-10-4-5-11-16(15)20-17/h1-5,7-8,10-11,18H,6,9,12-13H2,(H,19,20). The molecule has 1 aromatic heterocycles. The van der Waals surface area contributed by atoms with Gasteiger partial charge in [0.2, 0.25) is 10.0 Å². The molecule has 0 aliphatic carbocycles. The molecule has 6 heteroatoms. The smallest absolute Gasteiger partial charge is 0.212 e. The topological polar surface area (TPSA) is 74.8 Å². The molecule has 0 unspecified atom stereocenters. The first-order valence-corrected chi connectivity index (χ1v) is 9.22. The summed E-state index contributed by atoms with van der Waals surface area (Å²) < 4.78 is 26.7. The fraction of sp³-hybridized carbons (Fsp3) is 0.235. The zero-order valence-electron chi connectivity index (χ0n) is 12.7. The lowest BCUT2D eigenvalue weighted by molar-refractivity contribution is 0.577. The van der Waals surface area contributed by atoms with Crippen LogP contribution in [0.15, 0.2) is 54.6 Å². The van der Waals surface area contributed by atoms with E-state index in [4.69, 9.17) is 0 Å². The molecular weight excluding hydrogens is 310 g/mol. The Balaban J connectivity index is 1.52. The minimum Gasteiger partial charge on any atom is -0.341 e. The predicted molar refractivity (Wildman–Crippen MR) is 91.5 cm³/mol. The van der Waals surface area contributed by atoms with Gasteiger partial charge in [-0.05, 0) is 30.5 Å². The van der Waals surface area contributed by atoms with Crippen molar-refractivity contribution in [1.82, 2.24) is 14.7 Å². The molecule has 0 atom stereocenters. The Morgan fingerprint density at radius 2 is 1.74 bits per heavy atom. The van der Waals surface area contributed by atoms with Crippen molar-refractivity contribution in [2.24, 2.45) is 0 Å². The Morgan fingerprint density at radius 3 is 2.52 bits per heavy atom. The number of fused-ring (bicyclic) bond motifs is 1. The summed E-state index contributed by atoms with van der Waals surface area (Å²) in [6, 6.07) is 17.5. The normalized spacial score (nSPS) is 11.8. The molecule has 120 valence electrons. The van der Waals surface area contributed by atoms with Crippen LogP contribution in [-0.2, 0) is 23.0 Å². The highest BCUT2D eigenvalue weighted by atomic mass is 32.2. The quantitative estimate of drug-likeness (QED) is 0.700. The van der Waals surface area contributed by atoms with Gasteiger partial charge in [-0.2, -0.15) is 0 Å². The van der Waals surface area contributed by atoms with E-state index in [1.165, 1.54) is 0 Å². The SMILES string of the molecule is O=S(=O)(CCCc1ccccc1)NCc1nc2ccccc2[nH]1. The summed E-state index contributed by atoms with van der Waals surface area (Å²) in [4.78, 5) is 7.47. The van der Waals surface area contributed by atoms with Crippen LogP contribution >= 0.6 is 0 Å². The number of nitrogens with zero attached hydrogens (tertiary/aromatic N) is 1. The summed E-state index contributed by atoms with van der Waals surface area (Å²) in [6.07, 6.45) is 1.35. The third kappa shape index (κ3) is 4.40. The number of rotatable bonds is 7. The Hall–Kier alpha value is -2.18. The van der Waals surface area contributed by atoms with Crippen LogP contribution < -0.4 is 4.72 Å². The molecule has 0 radical (unpaired) electrons. The first kappa shape index (κ1) is 15.7. The fourth-order valence-electron chi connectivity index (χ4n) is 2.45. The van der Waals surface area contributed by atoms with Gasteiger partial charge in [-0.15, -0.1) is 0 Å². The third-order valence-electron chi connectivity index (χ3n) is 3.62. The average molecular weight is 329 g/mol. The third-order valence-corrected chi connectivity index (χ3v) is 5.03. The van der Waals surface area contributed by atoms with E-state index in [0.717, 1.165) is 23.0 Å². The highest BCUT2D eigenvalue weighted by Gasteiger charge is 2.11. The van der Waals surface area contributed by atoms with Crippen molar-refractivity contribution in [3.63, 3.8) is 0 Å². The first-order valence-electron chi connectivity index (χ1n) is 7.57. The van der Waals surface area contributed by atoms with Crippen molar-refractivity contribution < 1.29 is 8.42 Å². The molecule has 0 saturated heterocycles. The molecule has 0 saturated carbocycles. The van der Waals surface area contributed by atoms with Crippen LogP contribution in [0.4, 0.5) is 0 Å². The van der Waals surface area contributed by atoms with Crippen molar-refractivity contribution in [2.75, 3.05) is 5.75 Å². The Kier molecular flexibility index (Phi) is 4.73. The first-order chi connectivity index (χ1) is 11.1. The van der Waals surface area contributed by atoms with Crippen molar-refractivity contribution in [3.8, 4) is 0 Å². The van der Waals surface area contributed by atoms with Crippen LogP contribution in [0.1, 0.15) is 17.8 Å². The van der Waals surface area contributed by atoms with Crippen LogP contribution in [-0.4, -0.2) is 24.1 Å². The minimum atomic E-state index is -3.30. The number of sulfonamides is 1. The van der Waals surface area contributed by atoms with Gasteiger partial charge in [-0.25, -0.2) is 18.1 Å². The van der Waals surface area contributed by atoms with Gasteiger partial charge in [-0.1, -0.05) is 42.5 Å². The van der Waals surface area contributed by atoms with Crippen LogP contribution in [0.25, 0.3) is 11.0 Å². The van der Waals surface area contributed by atoms with Gasteiger partial charge >= 0.3 is 0 Å². The number of hydrogen-bond acceptors (Lipinski definition) is 3. The number of imidazole rings is 1. The molecule has 3 aromatic rings. The van der Waals surface area contributed by atoms with Gasteiger partial charge in [0, 0.05) is 0 Å². The Morgan fingerprint density at radius 1 is 1.00 bits per heavy atom. The van der Waals surface area contributed by atoms with E-state index in [2.05, 4.69) is 14.7 Å². The summed E-state index contributed by atoms with van der Waals surface area (Å²) in [5.41, 5.74) is 2.90. The van der Waals surface area contributed by atoms with E-state index in [9.17, 15) is 8.42 Å². The van der Waals surface area contributed by atoms with Crippen LogP contribution in [0.5, 0.6) is 0 Å². The van der Waals surface area contributed by atoms with Crippen molar-refractivity contribution >= 4 is 21.1 Å². The van der Waals surface area contributed by atoms with Crippen LogP contribution in [0.2, 0.25) is 0 Å². The second kappa shape index (κ2) is 6.93. The fourth-order valence-corrected chi connectivity index (χ4v) is 3.48. The number of hydrogen-bond donors (Lipinski definition) is 2. The molecule has 23 heavy (non-hydrogen) atoms. The molecule has 0 bridgehead atoms. The summed E-state index contributed by atoms with van der Waals surface area (Å²) in [5.74, 6) is 0.736. The molecule has 1 heterocycles. The molecule has 3 rings (SSSR count). The molecule has 0 aliphatic heterocycles. The van der Waals surface area contributed by atoms with Crippen molar-refractivity contribution in [1.29, 1.82) is 0 Å². The zero-order chi connectivity index (χ0) is 16.1. The Bertz CT molecular complexity index is 840. The number of H-pyrrole nitrogens is 1. The number of aryl methyl sites for hydroxylation is 1. The van der Waals surface area contributed by atoms with E-state index in [1.54, 1.807) is 0 Å². The predicted octanol–water partition coefficient (Wildman–Crippen LogP) is 2.62. The van der Waals surface area contributed by atoms with Gasteiger partial charge in [0.05, 0.1) is 23.3 Å². The van der Waals surface area contributed by atoms with Gasteiger partial charge in [0.25, 0.3) is 0 Å². The Labute approximate surface area is 135 Å². The molecule has 2 N–H and O–H groups in total. The maximum atomic E-state index is 12.1. The molecule has 0 amide bonds. The number of benzene rings is 2. The zero-order valence-corrected chi connectivity index (χ0v) is 13.5. The lowest BCUT2D eigenvalue weighted by Gasteiger charge is -2.05. The molecular formula is C17H19N3O2S. The van der Waals surface area contributed by atoms with E-state index < -0.39 is 10.0 Å². The highest BCUT2D eigenvalue weighted by Crippen LogP contribution is 2.10. The van der Waals surface area contributed by atoms with Gasteiger partial charge in [0.15, 0.2) is 0 Å². The van der Waals surface area contributed by atoms with Crippen molar-refractivity contribution in [2.45, 2.75) is 19.4 Å². The van der Waals surface area contributed by atoms with E-state index >= 15 is 0 Å². The summed E-state index contributed by atoms with van der Waals surface area (Å²) in [5, 5.41) is 0. The molecule has 0 spiro atoms. The second-order valence-corrected chi connectivity index (χ2v) is 7.36. The molecule has 2 aromatic carbocycles. The molecule has 5 nitrogen and oxygen atoms in total. The largest absolute Gasteiger partial charge is 0.341 e. The monoisotopic (exact) mass is 329 g/mol. The number of aromatic amines is 1. The summed E-state index contributed by atoms with van der Waals surface area (Å²) in [6.45, 7) is 0.183. The van der Waals surface area contributed by atoms with Crippen LogP contribution in [0, 0.1) is 0 Å². The lowest BCUT2D eigenvalue weighted by atomic mass is 10.1. The maximum Gasteiger partial charge on any atom is 0.212 e. The summed E-state index contributed by atoms with van der Waals surface area (Å²) in [7, 11) is -3.30. The summed E-state index contributed by atoms with van der Waals surface area (Å²) >= 11 is 0. The minimum absolute atomic E-state index is 0.113. The maximum absolute atomic E-state index is 12.1. The average Bonchev–Trinajstić information content (AvgIpc) is 2.97. The van der Waals surface area contributed by atoms with Crippen molar-refractivity contribution in [3.05, 3.63) is 66.0 Å². The van der Waals surface area contributed by atoms with E-state index in [-0.39, 0.29) is 12.3 Å². The number of nitrogens with one attached hydrogen (secondary N) is 2. The molecule has 0 aliphatic rings.